The average Bonchev–Trinajstić information content (AvgIpc) is 2.46. The van der Waals surface area contributed by atoms with Gasteiger partial charge in [-0.3, -0.25) is 4.98 Å². The maximum atomic E-state index is 5.05. The van der Waals surface area contributed by atoms with Crippen LogP contribution in [0, 0.1) is 0 Å². The van der Waals surface area contributed by atoms with Gasteiger partial charge in [0, 0.05) is 0 Å². The van der Waals surface area contributed by atoms with Crippen LogP contribution in [0.15, 0.2) is 18.7 Å². The number of ether oxygens (including phenoxy) is 1. The third-order valence-corrected chi connectivity index (χ3v) is 1.42. The van der Waals surface area contributed by atoms with Crippen LogP contribution in [0.4, 0.5) is 0 Å². The second-order valence-corrected chi connectivity index (χ2v) is 2.26. The number of nitrogens with one attached hydrogen (secondary N) is 1. The van der Waals surface area contributed by atoms with E-state index in [1.165, 1.54) is 0 Å². The fourth-order valence-electron chi connectivity index (χ4n) is 0.843. The van der Waals surface area contributed by atoms with E-state index in [2.05, 4.69) is 9.55 Å². The predicted octanol–water partition coefficient (Wildman–Crippen LogP) is -0.299. The van der Waals surface area contributed by atoms with Crippen LogP contribution in [-0.4, -0.2) is 17.7 Å². The zero-order valence-electron chi connectivity index (χ0n) is 5.08. The van der Waals surface area contributed by atoms with E-state index >= 15 is 0 Å². The molecule has 1 aromatic heterocycles. The Morgan fingerprint density at radius 2 is 2.67 bits per heavy atom. The number of hydrogen-bond acceptors (Lipinski definition) is 1. The van der Waals surface area contributed by atoms with Gasteiger partial charge in [-0.2, -0.15) is 0 Å². The summed E-state index contributed by atoms with van der Waals surface area (Å²) in [5.41, 5.74) is 0. The van der Waals surface area contributed by atoms with E-state index in [-0.39, 0.29) is 0 Å². The SMILES string of the molecule is c1c[n+](CC2CO2)c[nH]1. The van der Waals surface area contributed by atoms with Crippen molar-refractivity contribution in [2.45, 2.75) is 12.6 Å². The topological polar surface area (TPSA) is 32.2 Å². The van der Waals surface area contributed by atoms with Gasteiger partial charge in [0.25, 0.3) is 0 Å². The van der Waals surface area contributed by atoms with Crippen molar-refractivity contribution in [3.05, 3.63) is 18.7 Å². The van der Waals surface area contributed by atoms with Gasteiger partial charge in [0.05, 0.1) is 6.61 Å². The molecule has 1 atom stereocenters. The van der Waals surface area contributed by atoms with E-state index in [9.17, 15) is 0 Å². The van der Waals surface area contributed by atoms with E-state index in [0.717, 1.165) is 13.2 Å². The summed E-state index contributed by atoms with van der Waals surface area (Å²) in [6.07, 6.45) is 6.32. The number of hydrogen-bond donors (Lipinski definition) is 1. The quantitative estimate of drug-likeness (QED) is 0.427. The fourth-order valence-corrected chi connectivity index (χ4v) is 0.843. The summed E-state index contributed by atoms with van der Waals surface area (Å²) < 4.78 is 7.13. The van der Waals surface area contributed by atoms with Crippen LogP contribution < -0.4 is 4.57 Å². The lowest BCUT2D eigenvalue weighted by Crippen LogP contribution is -2.33. The Hall–Kier alpha value is -0.830. The molecule has 0 aromatic carbocycles. The molecular formula is C6H9N2O+. The Balaban J connectivity index is 1.99. The van der Waals surface area contributed by atoms with Crippen LogP contribution in [0.1, 0.15) is 0 Å². The molecule has 1 aromatic rings. The molecule has 48 valence electrons. The molecule has 0 spiro atoms. The van der Waals surface area contributed by atoms with Crippen molar-refractivity contribution < 1.29 is 9.30 Å². The Bertz CT molecular complexity index is 179. The lowest BCUT2D eigenvalue weighted by atomic mass is 10.5. The smallest absolute Gasteiger partial charge is 0.241 e. The summed E-state index contributed by atoms with van der Waals surface area (Å²) in [5.74, 6) is 0. The van der Waals surface area contributed by atoms with Crippen LogP contribution in [0.2, 0.25) is 0 Å². The molecule has 1 unspecified atom stereocenters. The van der Waals surface area contributed by atoms with Gasteiger partial charge in [-0.25, -0.2) is 4.57 Å². The molecule has 0 amide bonds. The number of imidazole rings is 1. The standard InChI is InChI=1S/C6H8N2O/c1-2-8(5-7-1)3-6-4-9-6/h1-2,5-6H,3-4H2/p+1. The molecule has 2 rings (SSSR count). The van der Waals surface area contributed by atoms with E-state index < -0.39 is 0 Å². The molecule has 1 fully saturated rings. The van der Waals surface area contributed by atoms with Crippen molar-refractivity contribution in [3.8, 4) is 0 Å². The van der Waals surface area contributed by atoms with E-state index in [0.29, 0.717) is 6.10 Å². The molecule has 1 aliphatic heterocycles. The highest BCUT2D eigenvalue weighted by atomic mass is 16.6. The van der Waals surface area contributed by atoms with Crippen molar-refractivity contribution in [1.29, 1.82) is 0 Å². The molecule has 0 saturated carbocycles. The second-order valence-electron chi connectivity index (χ2n) is 2.26. The van der Waals surface area contributed by atoms with Gasteiger partial charge in [0.1, 0.15) is 25.0 Å². The van der Waals surface area contributed by atoms with Gasteiger partial charge < -0.3 is 4.74 Å². The lowest BCUT2D eigenvalue weighted by Gasteiger charge is -1.85. The first-order valence-corrected chi connectivity index (χ1v) is 3.08. The molecule has 1 saturated heterocycles. The van der Waals surface area contributed by atoms with Crippen LogP contribution in [0.25, 0.3) is 0 Å². The van der Waals surface area contributed by atoms with Gasteiger partial charge in [0.2, 0.25) is 6.33 Å². The second kappa shape index (κ2) is 1.84. The Kier molecular flexibility index (Phi) is 1.02. The van der Waals surface area contributed by atoms with Gasteiger partial charge in [0.15, 0.2) is 0 Å². The van der Waals surface area contributed by atoms with Crippen molar-refractivity contribution in [1.82, 2.24) is 4.98 Å². The largest absolute Gasteiger partial charge is 0.369 e. The molecule has 9 heavy (non-hydrogen) atoms. The number of nitrogens with zero attached hydrogens (tertiary/aromatic N) is 1. The highest BCUT2D eigenvalue weighted by Crippen LogP contribution is 2.07. The Morgan fingerprint density at radius 1 is 1.78 bits per heavy atom. The van der Waals surface area contributed by atoms with Crippen molar-refractivity contribution >= 4 is 0 Å². The van der Waals surface area contributed by atoms with Gasteiger partial charge >= 0.3 is 0 Å². The van der Waals surface area contributed by atoms with Crippen LogP contribution in [-0.2, 0) is 11.3 Å². The summed E-state index contributed by atoms with van der Waals surface area (Å²) in [7, 11) is 0. The molecule has 1 N–H and O–H groups in total. The fraction of sp³-hybridized carbons (Fsp3) is 0.500. The minimum Gasteiger partial charge on any atom is -0.369 e. The van der Waals surface area contributed by atoms with Crippen molar-refractivity contribution in [2.75, 3.05) is 6.61 Å². The van der Waals surface area contributed by atoms with Crippen LogP contribution in [0.3, 0.4) is 0 Å². The Morgan fingerprint density at radius 3 is 3.22 bits per heavy atom. The maximum Gasteiger partial charge on any atom is 0.241 e. The first kappa shape index (κ1) is 4.99. The summed E-state index contributed by atoms with van der Waals surface area (Å²) in [4.78, 5) is 2.97. The normalized spacial score (nSPS) is 24.2. The minimum atomic E-state index is 0.478. The number of rotatable bonds is 2. The zero-order chi connectivity index (χ0) is 6.10. The number of H-pyrrole nitrogens is 1. The zero-order valence-corrected chi connectivity index (χ0v) is 5.08. The van der Waals surface area contributed by atoms with E-state index in [1.807, 2.05) is 18.7 Å². The summed E-state index contributed by atoms with van der Waals surface area (Å²) in [5, 5.41) is 0. The third kappa shape index (κ3) is 1.10. The van der Waals surface area contributed by atoms with Crippen LogP contribution in [0.5, 0.6) is 0 Å². The van der Waals surface area contributed by atoms with Gasteiger partial charge in [-0.1, -0.05) is 0 Å². The van der Waals surface area contributed by atoms with Crippen LogP contribution >= 0.6 is 0 Å². The number of epoxide rings is 1. The molecule has 0 radical (unpaired) electrons. The summed E-state index contributed by atoms with van der Waals surface area (Å²) in [6, 6.07) is 0. The van der Waals surface area contributed by atoms with Crippen molar-refractivity contribution in [2.24, 2.45) is 0 Å². The third-order valence-electron chi connectivity index (χ3n) is 1.42. The van der Waals surface area contributed by atoms with Gasteiger partial charge in [-0.15, -0.1) is 0 Å². The maximum absolute atomic E-state index is 5.05. The summed E-state index contributed by atoms with van der Waals surface area (Å²) in [6.45, 7) is 1.92. The average molecular weight is 125 g/mol. The molecule has 0 aliphatic carbocycles. The first-order valence-electron chi connectivity index (χ1n) is 3.08. The number of aromatic amines is 1. The molecule has 3 heteroatoms. The van der Waals surface area contributed by atoms with E-state index in [1.54, 1.807) is 0 Å². The summed E-state index contributed by atoms with van der Waals surface area (Å²) >= 11 is 0. The Labute approximate surface area is 53.3 Å². The lowest BCUT2D eigenvalue weighted by molar-refractivity contribution is -0.696. The predicted molar refractivity (Wildman–Crippen MR) is 30.7 cm³/mol. The highest BCUT2D eigenvalue weighted by molar-refractivity contribution is 4.64. The monoisotopic (exact) mass is 125 g/mol. The number of aromatic nitrogens is 2. The van der Waals surface area contributed by atoms with Gasteiger partial charge in [-0.05, 0) is 0 Å². The molecule has 2 heterocycles. The highest BCUT2D eigenvalue weighted by Gasteiger charge is 2.24. The molecule has 0 bridgehead atoms. The molecular weight excluding hydrogens is 116 g/mol. The first-order chi connectivity index (χ1) is 4.45. The van der Waals surface area contributed by atoms with E-state index in [4.69, 9.17) is 4.74 Å². The molecule has 3 nitrogen and oxygen atoms in total. The van der Waals surface area contributed by atoms with Crippen molar-refractivity contribution in [3.63, 3.8) is 0 Å². The minimum absolute atomic E-state index is 0.478. The molecule has 1 aliphatic rings.